The standard InChI is InChI=1S/C17H24N4O2S/c1-14-19-17(20-23-14)13-21-10-5-6-15(12-21)18-9-11-24(22)16-7-3-2-4-8-16/h2-4,7-8,15,18H,5-6,9-13H2,1H3/t15-,24+/m0/s1. The third kappa shape index (κ3) is 4.96. The Morgan fingerprint density at radius 1 is 1.38 bits per heavy atom. The van der Waals surface area contributed by atoms with Gasteiger partial charge in [-0.1, -0.05) is 23.4 Å². The summed E-state index contributed by atoms with van der Waals surface area (Å²) in [7, 11) is -0.934. The molecule has 0 saturated carbocycles. The molecule has 1 fully saturated rings. The first-order valence-corrected chi connectivity index (χ1v) is 9.71. The molecule has 0 bridgehead atoms. The summed E-state index contributed by atoms with van der Waals surface area (Å²) in [6, 6.07) is 10.1. The van der Waals surface area contributed by atoms with E-state index in [2.05, 4.69) is 20.4 Å². The zero-order valence-corrected chi connectivity index (χ0v) is 14.8. The molecule has 2 atom stereocenters. The van der Waals surface area contributed by atoms with Crippen molar-refractivity contribution < 1.29 is 8.73 Å². The van der Waals surface area contributed by atoms with Gasteiger partial charge in [-0.05, 0) is 31.5 Å². The fourth-order valence-electron chi connectivity index (χ4n) is 3.02. The Morgan fingerprint density at radius 2 is 2.21 bits per heavy atom. The molecule has 1 saturated heterocycles. The van der Waals surface area contributed by atoms with E-state index in [4.69, 9.17) is 4.52 Å². The van der Waals surface area contributed by atoms with Crippen LogP contribution in [0.4, 0.5) is 0 Å². The highest BCUT2D eigenvalue weighted by Gasteiger charge is 2.21. The van der Waals surface area contributed by atoms with E-state index in [9.17, 15) is 4.21 Å². The zero-order valence-electron chi connectivity index (χ0n) is 14.0. The van der Waals surface area contributed by atoms with Gasteiger partial charge >= 0.3 is 0 Å². The molecule has 3 rings (SSSR count). The van der Waals surface area contributed by atoms with Crippen LogP contribution in [0.25, 0.3) is 0 Å². The SMILES string of the molecule is Cc1nc(CN2CCC[C@H](NCC[S@@](=O)c3ccccc3)C2)no1. The zero-order chi connectivity index (χ0) is 16.8. The third-order valence-corrected chi connectivity index (χ3v) is 5.54. The van der Waals surface area contributed by atoms with Crippen LogP contribution in [0.5, 0.6) is 0 Å². The van der Waals surface area contributed by atoms with E-state index in [0.717, 1.165) is 49.7 Å². The Balaban J connectivity index is 1.41. The maximum absolute atomic E-state index is 12.2. The van der Waals surface area contributed by atoms with Crippen LogP contribution in [0.3, 0.4) is 0 Å². The van der Waals surface area contributed by atoms with E-state index >= 15 is 0 Å². The lowest BCUT2D eigenvalue weighted by atomic mass is 10.1. The smallest absolute Gasteiger partial charge is 0.223 e. The number of benzene rings is 1. The molecule has 130 valence electrons. The molecule has 0 spiro atoms. The number of aryl methyl sites for hydroxylation is 1. The van der Waals surface area contributed by atoms with Crippen molar-refractivity contribution in [1.82, 2.24) is 20.4 Å². The minimum Gasteiger partial charge on any atom is -0.340 e. The lowest BCUT2D eigenvalue weighted by Gasteiger charge is -2.32. The summed E-state index contributed by atoms with van der Waals surface area (Å²) in [5.41, 5.74) is 0. The van der Waals surface area contributed by atoms with Crippen LogP contribution in [0.15, 0.2) is 39.8 Å². The highest BCUT2D eigenvalue weighted by molar-refractivity contribution is 7.85. The number of nitrogens with one attached hydrogen (secondary N) is 1. The first-order valence-electron chi connectivity index (χ1n) is 8.39. The molecule has 0 aliphatic carbocycles. The maximum atomic E-state index is 12.2. The van der Waals surface area contributed by atoms with Gasteiger partial charge in [0.25, 0.3) is 0 Å². The minimum atomic E-state index is -0.934. The van der Waals surface area contributed by atoms with Crippen molar-refractivity contribution in [2.75, 3.05) is 25.4 Å². The largest absolute Gasteiger partial charge is 0.340 e. The van der Waals surface area contributed by atoms with Gasteiger partial charge in [-0.2, -0.15) is 4.98 Å². The Labute approximate surface area is 145 Å². The van der Waals surface area contributed by atoms with Crippen molar-refractivity contribution in [3.63, 3.8) is 0 Å². The van der Waals surface area contributed by atoms with Crippen molar-refractivity contribution >= 4 is 10.8 Å². The number of piperidine rings is 1. The predicted octanol–water partition coefficient (Wildman–Crippen LogP) is 1.74. The van der Waals surface area contributed by atoms with E-state index in [0.29, 0.717) is 17.7 Å². The van der Waals surface area contributed by atoms with E-state index < -0.39 is 10.8 Å². The number of rotatable bonds is 7. The fourth-order valence-corrected chi connectivity index (χ4v) is 4.02. The second kappa shape index (κ2) is 8.50. The van der Waals surface area contributed by atoms with Gasteiger partial charge < -0.3 is 9.84 Å². The van der Waals surface area contributed by atoms with Gasteiger partial charge in [0, 0.05) is 36.7 Å². The summed E-state index contributed by atoms with van der Waals surface area (Å²) in [6.07, 6.45) is 2.30. The van der Waals surface area contributed by atoms with Crippen molar-refractivity contribution in [3.05, 3.63) is 42.0 Å². The molecule has 1 aliphatic rings. The summed E-state index contributed by atoms with van der Waals surface area (Å²) in [4.78, 5) is 7.52. The number of aromatic nitrogens is 2. The Hall–Kier alpha value is -1.57. The van der Waals surface area contributed by atoms with Crippen molar-refractivity contribution in [1.29, 1.82) is 0 Å². The molecular formula is C17H24N4O2S. The van der Waals surface area contributed by atoms with Crippen LogP contribution >= 0.6 is 0 Å². The first kappa shape index (κ1) is 17.3. The molecule has 2 aromatic rings. The topological polar surface area (TPSA) is 71.3 Å². The average Bonchev–Trinajstić information content (AvgIpc) is 3.01. The summed E-state index contributed by atoms with van der Waals surface area (Å²) in [6.45, 7) is 5.32. The highest BCUT2D eigenvalue weighted by Crippen LogP contribution is 2.13. The molecule has 1 aromatic heterocycles. The van der Waals surface area contributed by atoms with Gasteiger partial charge in [0.1, 0.15) is 0 Å². The molecule has 0 amide bonds. The Kier molecular flexibility index (Phi) is 6.12. The lowest BCUT2D eigenvalue weighted by Crippen LogP contribution is -2.46. The molecule has 0 radical (unpaired) electrons. The summed E-state index contributed by atoms with van der Waals surface area (Å²) in [5.74, 6) is 2.00. The second-order valence-corrected chi connectivity index (χ2v) is 7.69. The minimum absolute atomic E-state index is 0.430. The Morgan fingerprint density at radius 3 is 2.96 bits per heavy atom. The van der Waals surface area contributed by atoms with E-state index in [-0.39, 0.29) is 0 Å². The highest BCUT2D eigenvalue weighted by atomic mass is 32.2. The number of likely N-dealkylation sites (tertiary alicyclic amines) is 1. The van der Waals surface area contributed by atoms with E-state index in [1.807, 2.05) is 37.3 Å². The molecule has 6 nitrogen and oxygen atoms in total. The monoisotopic (exact) mass is 348 g/mol. The number of hydrogen-bond donors (Lipinski definition) is 1. The molecular weight excluding hydrogens is 324 g/mol. The van der Waals surface area contributed by atoms with Gasteiger partial charge in [-0.15, -0.1) is 0 Å². The quantitative estimate of drug-likeness (QED) is 0.822. The van der Waals surface area contributed by atoms with E-state index in [1.165, 1.54) is 0 Å². The van der Waals surface area contributed by atoms with Crippen molar-refractivity contribution in [2.24, 2.45) is 0 Å². The van der Waals surface area contributed by atoms with Crippen LogP contribution in [-0.4, -0.2) is 50.7 Å². The maximum Gasteiger partial charge on any atom is 0.223 e. The van der Waals surface area contributed by atoms with Gasteiger partial charge in [0.05, 0.1) is 17.3 Å². The lowest BCUT2D eigenvalue weighted by molar-refractivity contribution is 0.179. The van der Waals surface area contributed by atoms with Crippen LogP contribution in [-0.2, 0) is 17.3 Å². The van der Waals surface area contributed by atoms with Crippen LogP contribution in [0.2, 0.25) is 0 Å². The van der Waals surface area contributed by atoms with Crippen LogP contribution < -0.4 is 5.32 Å². The number of hydrogen-bond acceptors (Lipinski definition) is 6. The van der Waals surface area contributed by atoms with Gasteiger partial charge in [-0.3, -0.25) is 9.11 Å². The molecule has 2 heterocycles. The normalized spacial score (nSPS) is 20.1. The predicted molar refractivity (Wildman–Crippen MR) is 93.1 cm³/mol. The van der Waals surface area contributed by atoms with Crippen molar-refractivity contribution in [3.8, 4) is 0 Å². The molecule has 24 heavy (non-hydrogen) atoms. The van der Waals surface area contributed by atoms with Crippen molar-refractivity contribution in [2.45, 2.75) is 37.2 Å². The van der Waals surface area contributed by atoms with Crippen LogP contribution in [0, 0.1) is 6.92 Å². The molecule has 0 unspecified atom stereocenters. The molecule has 1 aliphatic heterocycles. The molecule has 1 aromatic carbocycles. The third-order valence-electron chi connectivity index (χ3n) is 4.17. The van der Waals surface area contributed by atoms with Gasteiger partial charge in [0.2, 0.25) is 5.89 Å². The molecule has 7 heteroatoms. The van der Waals surface area contributed by atoms with E-state index in [1.54, 1.807) is 0 Å². The Bertz CT molecular complexity index is 662. The van der Waals surface area contributed by atoms with Crippen LogP contribution in [0.1, 0.15) is 24.6 Å². The fraction of sp³-hybridized carbons (Fsp3) is 0.529. The van der Waals surface area contributed by atoms with Gasteiger partial charge in [-0.25, -0.2) is 0 Å². The number of nitrogens with zero attached hydrogens (tertiary/aromatic N) is 3. The second-order valence-electron chi connectivity index (χ2n) is 6.12. The first-order chi connectivity index (χ1) is 11.7. The molecule has 1 N–H and O–H groups in total. The summed E-state index contributed by atoms with van der Waals surface area (Å²) in [5, 5.41) is 7.51. The summed E-state index contributed by atoms with van der Waals surface area (Å²) >= 11 is 0. The van der Waals surface area contributed by atoms with Gasteiger partial charge in [0.15, 0.2) is 5.82 Å². The average molecular weight is 348 g/mol. The summed E-state index contributed by atoms with van der Waals surface area (Å²) < 4.78 is 17.3.